The van der Waals surface area contributed by atoms with E-state index < -0.39 is 6.04 Å². The van der Waals surface area contributed by atoms with E-state index in [0.717, 1.165) is 49.2 Å². The van der Waals surface area contributed by atoms with Gasteiger partial charge in [0.15, 0.2) is 0 Å². The van der Waals surface area contributed by atoms with Gasteiger partial charge in [-0.25, -0.2) is 0 Å². The summed E-state index contributed by atoms with van der Waals surface area (Å²) in [6.45, 7) is 9.03. The molecule has 0 radical (unpaired) electrons. The van der Waals surface area contributed by atoms with Crippen molar-refractivity contribution in [3.8, 4) is 0 Å². The maximum Gasteiger partial charge on any atom is 0.239 e. The number of aromatic nitrogens is 1. The van der Waals surface area contributed by atoms with Gasteiger partial charge >= 0.3 is 0 Å². The van der Waals surface area contributed by atoms with Crippen molar-refractivity contribution in [1.29, 1.82) is 0 Å². The smallest absolute Gasteiger partial charge is 0.239 e. The first-order chi connectivity index (χ1) is 11.5. The first kappa shape index (κ1) is 22.8. The molecule has 2 heterocycles. The molecule has 0 bridgehead atoms. The molecule has 0 unspecified atom stereocenters. The standard InChI is InChI=1S/C19H28N4O.2ClH/c1-14(2)13-22-7-9-23(10-8-22)19(24)17(20)11-15-12-21-18-6-4-3-5-16(15)18;;/h3-6,12,14,17,21H,7-11,13,20H2,1-2H3;2*1H/t17-;;/m0../s1. The number of amides is 1. The highest BCUT2D eigenvalue weighted by atomic mass is 35.5. The lowest BCUT2D eigenvalue weighted by molar-refractivity contribution is -0.134. The van der Waals surface area contributed by atoms with Crippen LogP contribution in [-0.4, -0.2) is 59.5 Å². The molecule has 1 atom stereocenters. The number of piperazine rings is 1. The molecule has 1 fully saturated rings. The van der Waals surface area contributed by atoms with E-state index in [-0.39, 0.29) is 30.7 Å². The zero-order valence-corrected chi connectivity index (χ0v) is 17.1. The first-order valence-corrected chi connectivity index (χ1v) is 8.86. The van der Waals surface area contributed by atoms with Crippen LogP contribution < -0.4 is 5.73 Å². The van der Waals surface area contributed by atoms with Gasteiger partial charge in [0.05, 0.1) is 6.04 Å². The number of nitrogens with two attached hydrogens (primary N) is 1. The van der Waals surface area contributed by atoms with Gasteiger partial charge in [-0.1, -0.05) is 32.0 Å². The number of hydrogen-bond donors (Lipinski definition) is 2. The van der Waals surface area contributed by atoms with Gasteiger partial charge in [0, 0.05) is 49.8 Å². The molecular weight excluding hydrogens is 371 g/mol. The molecule has 1 aromatic carbocycles. The number of para-hydroxylation sites is 1. The van der Waals surface area contributed by atoms with E-state index in [2.05, 4.69) is 29.8 Å². The molecule has 0 aliphatic carbocycles. The Morgan fingerprint density at radius 1 is 1.15 bits per heavy atom. The van der Waals surface area contributed by atoms with Crippen LogP contribution >= 0.6 is 24.8 Å². The number of nitrogens with zero attached hydrogens (tertiary/aromatic N) is 2. The van der Waals surface area contributed by atoms with Crippen molar-refractivity contribution in [2.75, 3.05) is 32.7 Å². The van der Waals surface area contributed by atoms with E-state index in [1.807, 2.05) is 29.3 Å². The zero-order valence-electron chi connectivity index (χ0n) is 15.5. The van der Waals surface area contributed by atoms with Gasteiger partial charge in [-0.05, 0) is 24.0 Å². The summed E-state index contributed by atoms with van der Waals surface area (Å²) in [6.07, 6.45) is 2.55. The molecule has 3 rings (SSSR count). The van der Waals surface area contributed by atoms with Gasteiger partial charge in [0.25, 0.3) is 0 Å². The van der Waals surface area contributed by atoms with Crippen LogP contribution in [0.4, 0.5) is 0 Å². The van der Waals surface area contributed by atoms with Crippen molar-refractivity contribution in [1.82, 2.24) is 14.8 Å². The fourth-order valence-corrected chi connectivity index (χ4v) is 3.53. The predicted octanol–water partition coefficient (Wildman–Crippen LogP) is 2.68. The second kappa shape index (κ2) is 10.2. The number of carbonyl (C=O) groups is 1. The molecule has 146 valence electrons. The van der Waals surface area contributed by atoms with Crippen LogP contribution in [-0.2, 0) is 11.2 Å². The van der Waals surface area contributed by atoms with Gasteiger partial charge < -0.3 is 15.6 Å². The highest BCUT2D eigenvalue weighted by Crippen LogP contribution is 2.19. The van der Waals surface area contributed by atoms with Crippen LogP contribution in [0.5, 0.6) is 0 Å². The normalized spacial score (nSPS) is 16.2. The summed E-state index contributed by atoms with van der Waals surface area (Å²) >= 11 is 0. The number of halogens is 2. The Bertz CT molecular complexity index is 696. The number of hydrogen-bond acceptors (Lipinski definition) is 3. The Morgan fingerprint density at radius 2 is 1.81 bits per heavy atom. The number of rotatable bonds is 5. The number of carbonyl (C=O) groups excluding carboxylic acids is 1. The average molecular weight is 401 g/mol. The zero-order chi connectivity index (χ0) is 17.1. The Hall–Kier alpha value is -1.27. The van der Waals surface area contributed by atoms with Crippen LogP contribution in [0.25, 0.3) is 10.9 Å². The van der Waals surface area contributed by atoms with E-state index in [9.17, 15) is 4.79 Å². The summed E-state index contributed by atoms with van der Waals surface area (Å²) in [6, 6.07) is 7.66. The van der Waals surface area contributed by atoms with E-state index in [0.29, 0.717) is 12.3 Å². The Morgan fingerprint density at radius 3 is 2.46 bits per heavy atom. The molecule has 0 spiro atoms. The molecule has 7 heteroatoms. The average Bonchev–Trinajstić information content (AvgIpc) is 2.97. The minimum absolute atomic E-state index is 0. The summed E-state index contributed by atoms with van der Waals surface area (Å²) in [5.74, 6) is 0.737. The number of aromatic amines is 1. The van der Waals surface area contributed by atoms with Crippen molar-refractivity contribution in [3.63, 3.8) is 0 Å². The Labute approximate surface area is 168 Å². The Balaban J connectivity index is 0.00000169. The molecule has 1 saturated heterocycles. The van der Waals surface area contributed by atoms with E-state index in [4.69, 9.17) is 5.73 Å². The molecule has 2 aromatic rings. The number of benzene rings is 1. The SMILES string of the molecule is CC(C)CN1CCN(C(=O)[C@@H](N)Cc2c[nH]c3ccccc23)CC1.Cl.Cl. The quantitative estimate of drug-likeness (QED) is 0.810. The topological polar surface area (TPSA) is 65.4 Å². The monoisotopic (exact) mass is 400 g/mol. The van der Waals surface area contributed by atoms with Gasteiger partial charge in [0.2, 0.25) is 5.91 Å². The van der Waals surface area contributed by atoms with Crippen LogP contribution in [0, 0.1) is 5.92 Å². The van der Waals surface area contributed by atoms with E-state index >= 15 is 0 Å². The highest BCUT2D eigenvalue weighted by molar-refractivity contribution is 5.86. The lowest BCUT2D eigenvalue weighted by Gasteiger charge is -2.36. The van der Waals surface area contributed by atoms with Gasteiger partial charge in [-0.15, -0.1) is 24.8 Å². The second-order valence-electron chi connectivity index (χ2n) is 7.19. The molecule has 1 amide bonds. The third-order valence-corrected chi connectivity index (χ3v) is 4.74. The van der Waals surface area contributed by atoms with E-state index in [1.54, 1.807) is 0 Å². The maximum atomic E-state index is 12.7. The number of fused-ring (bicyclic) bond motifs is 1. The first-order valence-electron chi connectivity index (χ1n) is 8.86. The van der Waals surface area contributed by atoms with Gasteiger partial charge in [0.1, 0.15) is 0 Å². The van der Waals surface area contributed by atoms with Crippen molar-refractivity contribution < 1.29 is 4.79 Å². The number of nitrogens with one attached hydrogen (secondary N) is 1. The summed E-state index contributed by atoms with van der Waals surface area (Å²) in [5, 5.41) is 1.16. The third-order valence-electron chi connectivity index (χ3n) is 4.74. The summed E-state index contributed by atoms with van der Waals surface area (Å²) in [5.41, 5.74) is 8.43. The van der Waals surface area contributed by atoms with Crippen LogP contribution in [0.2, 0.25) is 0 Å². The van der Waals surface area contributed by atoms with Gasteiger partial charge in [-0.3, -0.25) is 9.69 Å². The van der Waals surface area contributed by atoms with Crippen LogP contribution in [0.3, 0.4) is 0 Å². The predicted molar refractivity (Wildman–Crippen MR) is 112 cm³/mol. The molecule has 1 aliphatic rings. The molecule has 0 saturated carbocycles. The molecule has 1 aromatic heterocycles. The molecule has 3 N–H and O–H groups in total. The number of H-pyrrole nitrogens is 1. The lowest BCUT2D eigenvalue weighted by Crippen LogP contribution is -2.54. The van der Waals surface area contributed by atoms with E-state index in [1.165, 1.54) is 0 Å². The molecule has 1 aliphatic heterocycles. The minimum atomic E-state index is -0.471. The van der Waals surface area contributed by atoms with Crippen molar-refractivity contribution in [2.24, 2.45) is 11.7 Å². The second-order valence-corrected chi connectivity index (χ2v) is 7.19. The van der Waals surface area contributed by atoms with Gasteiger partial charge in [-0.2, -0.15) is 0 Å². The fourth-order valence-electron chi connectivity index (χ4n) is 3.53. The largest absolute Gasteiger partial charge is 0.361 e. The summed E-state index contributed by atoms with van der Waals surface area (Å²) < 4.78 is 0. The van der Waals surface area contributed by atoms with Crippen molar-refractivity contribution >= 4 is 41.6 Å². The molecule has 5 nitrogen and oxygen atoms in total. The lowest BCUT2D eigenvalue weighted by atomic mass is 10.0. The summed E-state index contributed by atoms with van der Waals surface area (Å²) in [4.78, 5) is 20.3. The fraction of sp³-hybridized carbons (Fsp3) is 0.526. The van der Waals surface area contributed by atoms with Crippen molar-refractivity contribution in [2.45, 2.75) is 26.3 Å². The summed E-state index contributed by atoms with van der Waals surface area (Å²) in [7, 11) is 0. The maximum absolute atomic E-state index is 12.7. The Kier molecular flexibility index (Phi) is 8.90. The minimum Gasteiger partial charge on any atom is -0.361 e. The third kappa shape index (κ3) is 5.36. The molecule has 26 heavy (non-hydrogen) atoms. The van der Waals surface area contributed by atoms with Crippen molar-refractivity contribution in [3.05, 3.63) is 36.0 Å². The van der Waals surface area contributed by atoms with Crippen LogP contribution in [0.15, 0.2) is 30.5 Å². The highest BCUT2D eigenvalue weighted by Gasteiger charge is 2.26. The molecular formula is C19H30Cl2N4O. The van der Waals surface area contributed by atoms with Crippen LogP contribution in [0.1, 0.15) is 19.4 Å².